The lowest BCUT2D eigenvalue weighted by Crippen LogP contribution is -2.34. The van der Waals surface area contributed by atoms with Crippen LogP contribution in [0, 0.1) is 17.2 Å². The second-order valence-corrected chi connectivity index (χ2v) is 9.18. The molecule has 0 aromatic heterocycles. The zero-order valence-corrected chi connectivity index (χ0v) is 19.2. The van der Waals surface area contributed by atoms with Gasteiger partial charge in [0.05, 0.1) is 33.9 Å². The number of ether oxygens (including phenoxy) is 6. The number of methoxy groups -OCH3 is 3. The summed E-state index contributed by atoms with van der Waals surface area (Å²) in [4.78, 5) is 13.0. The van der Waals surface area contributed by atoms with Gasteiger partial charge >= 0.3 is 5.97 Å². The third-order valence-corrected chi connectivity index (χ3v) is 7.53. The van der Waals surface area contributed by atoms with E-state index in [9.17, 15) is 4.79 Å². The molecule has 3 N–H and O–H groups in total. The highest BCUT2D eigenvalue weighted by Gasteiger charge is 2.53. The van der Waals surface area contributed by atoms with Gasteiger partial charge in [-0.25, -0.2) is 0 Å². The molecular formula is C23H24N2O7S. The van der Waals surface area contributed by atoms with Crippen molar-refractivity contribution in [1.82, 2.24) is 0 Å². The molecule has 2 aliphatic heterocycles. The van der Waals surface area contributed by atoms with Crippen LogP contribution in [0.25, 0.3) is 0 Å². The summed E-state index contributed by atoms with van der Waals surface area (Å²) in [7, 11) is 4.66. The number of hydrogen-bond donors (Lipinski definition) is 2. The lowest BCUT2D eigenvalue weighted by molar-refractivity contribution is -0.141. The molecule has 174 valence electrons. The van der Waals surface area contributed by atoms with Crippen molar-refractivity contribution in [3.8, 4) is 28.7 Å². The number of amidine groups is 1. The van der Waals surface area contributed by atoms with Crippen LogP contribution in [0.4, 0.5) is 0 Å². The molecule has 9 nitrogen and oxygen atoms in total. The van der Waals surface area contributed by atoms with Crippen molar-refractivity contribution in [2.24, 2.45) is 17.6 Å². The summed E-state index contributed by atoms with van der Waals surface area (Å²) in [6.07, 6.45) is 0. The minimum Gasteiger partial charge on any atom is -0.493 e. The summed E-state index contributed by atoms with van der Waals surface area (Å²) in [5.41, 5.74) is 8.44. The first-order chi connectivity index (χ1) is 16.0. The van der Waals surface area contributed by atoms with Crippen molar-refractivity contribution in [1.29, 1.82) is 5.41 Å². The van der Waals surface area contributed by atoms with Crippen LogP contribution in [0.2, 0.25) is 0 Å². The van der Waals surface area contributed by atoms with Crippen molar-refractivity contribution in [3.05, 3.63) is 41.0 Å². The fourth-order valence-electron chi connectivity index (χ4n) is 5.08. The molecule has 1 fully saturated rings. The third kappa shape index (κ3) is 3.40. The molecule has 2 aromatic carbocycles. The van der Waals surface area contributed by atoms with Gasteiger partial charge in [0.1, 0.15) is 0 Å². The summed E-state index contributed by atoms with van der Waals surface area (Å²) in [5, 5.41) is 7.65. The average molecular weight is 473 g/mol. The molecule has 10 heteroatoms. The number of hydrogen-bond acceptors (Lipinski definition) is 9. The van der Waals surface area contributed by atoms with Crippen molar-refractivity contribution in [3.63, 3.8) is 0 Å². The second kappa shape index (κ2) is 8.26. The summed E-state index contributed by atoms with van der Waals surface area (Å²) in [5.74, 6) is 1.43. The predicted octanol–water partition coefficient (Wildman–Crippen LogP) is 3.04. The summed E-state index contributed by atoms with van der Waals surface area (Å²) < 4.78 is 33.4. The van der Waals surface area contributed by atoms with Crippen LogP contribution >= 0.6 is 11.8 Å². The second-order valence-electron chi connectivity index (χ2n) is 7.99. The molecule has 1 aliphatic carbocycles. The molecule has 1 saturated heterocycles. The van der Waals surface area contributed by atoms with E-state index >= 15 is 0 Å². The Labute approximate surface area is 194 Å². The number of fused-ring (bicyclic) bond motifs is 3. The molecule has 3 aliphatic rings. The largest absolute Gasteiger partial charge is 0.493 e. The van der Waals surface area contributed by atoms with Crippen LogP contribution in [-0.2, 0) is 9.53 Å². The van der Waals surface area contributed by atoms with Crippen LogP contribution in [-0.4, -0.2) is 45.9 Å². The van der Waals surface area contributed by atoms with Crippen molar-refractivity contribution in [2.75, 3.05) is 34.7 Å². The van der Waals surface area contributed by atoms with E-state index in [0.717, 1.165) is 16.7 Å². The highest BCUT2D eigenvalue weighted by molar-refractivity contribution is 8.13. The number of nitrogens with one attached hydrogen (secondary N) is 1. The Morgan fingerprint density at radius 2 is 1.64 bits per heavy atom. The highest BCUT2D eigenvalue weighted by atomic mass is 32.2. The first kappa shape index (κ1) is 21.6. The molecule has 2 aromatic rings. The highest BCUT2D eigenvalue weighted by Crippen LogP contribution is 2.58. The Morgan fingerprint density at radius 3 is 2.21 bits per heavy atom. The van der Waals surface area contributed by atoms with E-state index in [0.29, 0.717) is 28.7 Å². The Kier molecular flexibility index (Phi) is 5.40. The molecule has 0 spiro atoms. The zero-order chi connectivity index (χ0) is 23.3. The monoisotopic (exact) mass is 472 g/mol. The van der Waals surface area contributed by atoms with Crippen molar-refractivity contribution in [2.45, 2.75) is 11.2 Å². The number of benzene rings is 2. The summed E-state index contributed by atoms with van der Waals surface area (Å²) in [6, 6.07) is 7.58. The maximum atomic E-state index is 13.0. The van der Waals surface area contributed by atoms with E-state index < -0.39 is 5.92 Å². The van der Waals surface area contributed by atoms with E-state index in [1.165, 1.54) is 11.8 Å². The summed E-state index contributed by atoms with van der Waals surface area (Å²) >= 11 is 1.22. The number of thioether (sulfide) groups is 1. The lowest BCUT2D eigenvalue weighted by Gasteiger charge is -2.38. The standard InChI is InChI=1S/C23H24N2O7S/c1-27-16-4-10(5-17(28-2)20(16)29-3)18-11-6-14-15(32-9-31-14)7-12(11)21(33-23(24)25)13-8-30-22(26)19(13)18/h4-7,13,18-19,21H,8-9H2,1-3H3,(H3,24,25). The number of esters is 1. The van der Waals surface area contributed by atoms with Crippen LogP contribution in [0.15, 0.2) is 24.3 Å². The Hall–Kier alpha value is -3.27. The molecule has 4 unspecified atom stereocenters. The van der Waals surface area contributed by atoms with Gasteiger partial charge in [-0.05, 0) is 41.0 Å². The van der Waals surface area contributed by atoms with Crippen LogP contribution in [0.3, 0.4) is 0 Å². The smallest absolute Gasteiger partial charge is 0.310 e. The number of carbonyl (C=O) groups excluding carboxylic acids is 1. The van der Waals surface area contributed by atoms with Gasteiger partial charge in [0.2, 0.25) is 12.5 Å². The molecule has 33 heavy (non-hydrogen) atoms. The Bertz CT molecular complexity index is 1110. The normalized spacial score (nSPS) is 24.5. The van der Waals surface area contributed by atoms with Gasteiger partial charge in [-0.3, -0.25) is 10.2 Å². The van der Waals surface area contributed by atoms with Gasteiger partial charge in [0.25, 0.3) is 0 Å². The van der Waals surface area contributed by atoms with Gasteiger partial charge in [-0.15, -0.1) is 0 Å². The van der Waals surface area contributed by atoms with Gasteiger partial charge < -0.3 is 34.2 Å². The molecule has 0 radical (unpaired) electrons. The van der Waals surface area contributed by atoms with Gasteiger partial charge in [0.15, 0.2) is 28.2 Å². The topological polar surface area (TPSA) is 122 Å². The average Bonchev–Trinajstić information content (AvgIpc) is 3.43. The van der Waals surface area contributed by atoms with E-state index in [1.54, 1.807) is 21.3 Å². The SMILES string of the molecule is COc1cc(C2c3cc4c(cc3C(SC(=N)N)C3COC(=O)C23)OCO4)cc(OC)c1OC. The van der Waals surface area contributed by atoms with Crippen molar-refractivity contribution < 1.29 is 33.2 Å². The van der Waals surface area contributed by atoms with Crippen molar-refractivity contribution >= 4 is 22.9 Å². The Morgan fingerprint density at radius 1 is 1.00 bits per heavy atom. The Balaban J connectivity index is 1.75. The fourth-order valence-corrected chi connectivity index (χ4v) is 6.11. The van der Waals surface area contributed by atoms with Gasteiger partial charge in [0, 0.05) is 17.1 Å². The molecule has 2 heterocycles. The fraction of sp³-hybridized carbons (Fsp3) is 0.391. The number of rotatable bonds is 5. The van der Waals surface area contributed by atoms with E-state index in [-0.39, 0.29) is 41.6 Å². The number of carbonyl (C=O) groups is 1. The van der Waals surface area contributed by atoms with E-state index in [4.69, 9.17) is 39.6 Å². The molecule has 0 bridgehead atoms. The molecular weight excluding hydrogens is 448 g/mol. The van der Waals surface area contributed by atoms with Crippen LogP contribution < -0.4 is 29.4 Å². The first-order valence-electron chi connectivity index (χ1n) is 10.4. The van der Waals surface area contributed by atoms with Crippen LogP contribution in [0.5, 0.6) is 28.7 Å². The number of nitrogens with two attached hydrogens (primary N) is 1. The zero-order valence-electron chi connectivity index (χ0n) is 18.4. The van der Waals surface area contributed by atoms with E-state index in [2.05, 4.69) is 0 Å². The molecule has 0 saturated carbocycles. The first-order valence-corrected chi connectivity index (χ1v) is 11.3. The maximum absolute atomic E-state index is 13.0. The van der Waals surface area contributed by atoms with Gasteiger partial charge in [-0.1, -0.05) is 11.8 Å². The minimum atomic E-state index is -0.475. The third-order valence-electron chi connectivity index (χ3n) is 6.42. The number of cyclic esters (lactones) is 1. The minimum absolute atomic E-state index is 0.0204. The quantitative estimate of drug-likeness (QED) is 0.384. The van der Waals surface area contributed by atoms with Gasteiger partial charge in [-0.2, -0.15) is 0 Å². The molecule has 4 atom stereocenters. The summed E-state index contributed by atoms with van der Waals surface area (Å²) in [6.45, 7) is 0.385. The molecule has 0 amide bonds. The van der Waals surface area contributed by atoms with Crippen LogP contribution in [0.1, 0.15) is 27.9 Å². The maximum Gasteiger partial charge on any atom is 0.310 e. The molecule has 5 rings (SSSR count). The van der Waals surface area contributed by atoms with E-state index in [1.807, 2.05) is 24.3 Å². The lowest BCUT2D eigenvalue weighted by atomic mass is 9.67. The predicted molar refractivity (Wildman–Crippen MR) is 121 cm³/mol.